The zero-order valence-electron chi connectivity index (χ0n) is 17.4. The van der Waals surface area contributed by atoms with Crippen LogP contribution < -0.4 is 5.32 Å². The van der Waals surface area contributed by atoms with Gasteiger partial charge in [0.25, 0.3) is 0 Å². The highest BCUT2D eigenvalue weighted by atomic mass is 16.5. The summed E-state index contributed by atoms with van der Waals surface area (Å²) in [4.78, 5) is 11.7. The average Bonchev–Trinajstić information content (AvgIpc) is 2.62. The van der Waals surface area contributed by atoms with Crippen LogP contribution in [0.3, 0.4) is 0 Å². The standard InChI is InChI=1S/C22H45NO2/c1-4-6-8-10-12-14-16-21(17-15-13-11-9-7-5-2)20-25-22(24)18-19-23-3/h21,23H,4-20H2,1-3H3. The molecule has 3 nitrogen and oxygen atoms in total. The van der Waals surface area contributed by atoms with E-state index in [2.05, 4.69) is 19.2 Å². The molecule has 0 aromatic carbocycles. The Balaban J connectivity index is 3.93. The summed E-state index contributed by atoms with van der Waals surface area (Å²) in [5.74, 6) is 0.515. The van der Waals surface area contributed by atoms with E-state index in [0.29, 0.717) is 25.5 Å². The van der Waals surface area contributed by atoms with E-state index in [1.807, 2.05) is 7.05 Å². The summed E-state index contributed by atoms with van der Waals surface area (Å²) in [7, 11) is 1.87. The van der Waals surface area contributed by atoms with Gasteiger partial charge in [-0.2, -0.15) is 0 Å². The number of carbonyl (C=O) groups excluding carboxylic acids is 1. The number of ether oxygens (including phenoxy) is 1. The number of hydrogen-bond donors (Lipinski definition) is 1. The van der Waals surface area contributed by atoms with Crippen molar-refractivity contribution in [2.45, 2.75) is 110 Å². The van der Waals surface area contributed by atoms with Gasteiger partial charge in [0.05, 0.1) is 13.0 Å². The summed E-state index contributed by atoms with van der Waals surface area (Å²) < 4.78 is 5.52. The first-order chi connectivity index (χ1) is 12.2. The molecule has 0 radical (unpaired) electrons. The SMILES string of the molecule is CCCCCCCCC(CCCCCCCC)COC(=O)CCNC. The summed E-state index contributed by atoms with van der Waals surface area (Å²) in [6.45, 7) is 5.86. The average molecular weight is 356 g/mol. The Labute approximate surface area is 157 Å². The molecule has 0 saturated carbocycles. The molecule has 0 aliphatic heterocycles. The van der Waals surface area contributed by atoms with E-state index >= 15 is 0 Å². The van der Waals surface area contributed by atoms with E-state index in [-0.39, 0.29) is 5.97 Å². The molecule has 0 amide bonds. The molecular formula is C22H45NO2. The molecule has 0 bridgehead atoms. The van der Waals surface area contributed by atoms with Gasteiger partial charge in [0.2, 0.25) is 0 Å². The Hall–Kier alpha value is -0.570. The predicted octanol–water partition coefficient (Wildman–Crippen LogP) is 6.26. The minimum absolute atomic E-state index is 0.0507. The van der Waals surface area contributed by atoms with Gasteiger partial charge in [0.1, 0.15) is 0 Å². The summed E-state index contributed by atoms with van der Waals surface area (Å²) >= 11 is 0. The van der Waals surface area contributed by atoms with Crippen LogP contribution in [0.5, 0.6) is 0 Å². The summed E-state index contributed by atoms with van der Waals surface area (Å²) in [5, 5.41) is 3.00. The highest BCUT2D eigenvalue weighted by Gasteiger charge is 2.12. The Morgan fingerprint density at radius 3 is 1.76 bits per heavy atom. The molecule has 0 unspecified atom stereocenters. The van der Waals surface area contributed by atoms with Crippen molar-refractivity contribution in [1.82, 2.24) is 5.32 Å². The molecule has 0 aliphatic carbocycles. The largest absolute Gasteiger partial charge is 0.465 e. The number of rotatable bonds is 19. The predicted molar refractivity (Wildman–Crippen MR) is 109 cm³/mol. The number of esters is 1. The second-order valence-electron chi connectivity index (χ2n) is 7.52. The van der Waals surface area contributed by atoms with E-state index in [4.69, 9.17) is 4.74 Å². The molecule has 0 saturated heterocycles. The first-order valence-electron chi connectivity index (χ1n) is 11.0. The fourth-order valence-electron chi connectivity index (χ4n) is 3.25. The van der Waals surface area contributed by atoms with Crippen LogP contribution in [0.4, 0.5) is 0 Å². The first kappa shape index (κ1) is 24.4. The highest BCUT2D eigenvalue weighted by molar-refractivity contribution is 5.69. The third-order valence-corrected chi connectivity index (χ3v) is 4.99. The summed E-state index contributed by atoms with van der Waals surface area (Å²) in [6, 6.07) is 0. The van der Waals surface area contributed by atoms with Gasteiger partial charge in [-0.25, -0.2) is 0 Å². The topological polar surface area (TPSA) is 38.3 Å². The molecule has 0 aromatic heterocycles. The van der Waals surface area contributed by atoms with Gasteiger partial charge in [0, 0.05) is 6.54 Å². The maximum absolute atomic E-state index is 11.7. The van der Waals surface area contributed by atoms with Gasteiger partial charge in [-0.3, -0.25) is 4.79 Å². The lowest BCUT2D eigenvalue weighted by Crippen LogP contribution is -2.18. The molecule has 150 valence electrons. The van der Waals surface area contributed by atoms with Crippen LogP contribution in [-0.4, -0.2) is 26.2 Å². The van der Waals surface area contributed by atoms with Crippen LogP contribution in [0.15, 0.2) is 0 Å². The minimum Gasteiger partial charge on any atom is -0.465 e. The number of nitrogens with one attached hydrogen (secondary N) is 1. The number of unbranched alkanes of at least 4 members (excludes halogenated alkanes) is 10. The molecule has 0 fully saturated rings. The normalized spacial score (nSPS) is 11.2. The Morgan fingerprint density at radius 1 is 0.800 bits per heavy atom. The van der Waals surface area contributed by atoms with Crippen molar-refractivity contribution in [3.8, 4) is 0 Å². The van der Waals surface area contributed by atoms with Gasteiger partial charge in [-0.15, -0.1) is 0 Å². The third kappa shape index (κ3) is 18.0. The fourth-order valence-corrected chi connectivity index (χ4v) is 3.25. The molecule has 0 rings (SSSR count). The van der Waals surface area contributed by atoms with E-state index < -0.39 is 0 Å². The van der Waals surface area contributed by atoms with Gasteiger partial charge >= 0.3 is 5.97 Å². The third-order valence-electron chi connectivity index (χ3n) is 4.99. The lowest BCUT2D eigenvalue weighted by molar-refractivity contribution is -0.145. The molecule has 1 N–H and O–H groups in total. The molecule has 3 heteroatoms. The van der Waals surface area contributed by atoms with Crippen molar-refractivity contribution in [2.75, 3.05) is 20.2 Å². The zero-order valence-corrected chi connectivity index (χ0v) is 17.4. The van der Waals surface area contributed by atoms with Crippen molar-refractivity contribution in [1.29, 1.82) is 0 Å². The maximum atomic E-state index is 11.7. The van der Waals surface area contributed by atoms with Crippen LogP contribution >= 0.6 is 0 Å². The quantitative estimate of drug-likeness (QED) is 0.220. The first-order valence-corrected chi connectivity index (χ1v) is 11.0. The lowest BCUT2D eigenvalue weighted by Gasteiger charge is -2.17. The van der Waals surface area contributed by atoms with Gasteiger partial charge in [-0.05, 0) is 25.8 Å². The van der Waals surface area contributed by atoms with E-state index in [1.165, 1.54) is 89.9 Å². The Kier molecular flexibility index (Phi) is 19.3. The lowest BCUT2D eigenvalue weighted by atomic mass is 9.95. The van der Waals surface area contributed by atoms with Crippen LogP contribution in [0.1, 0.15) is 110 Å². The molecule has 0 aromatic rings. The number of carbonyl (C=O) groups is 1. The van der Waals surface area contributed by atoms with Crippen LogP contribution in [0.25, 0.3) is 0 Å². The molecule has 0 heterocycles. The van der Waals surface area contributed by atoms with Crippen molar-refractivity contribution in [2.24, 2.45) is 5.92 Å². The minimum atomic E-state index is -0.0507. The molecule has 0 atom stereocenters. The van der Waals surface area contributed by atoms with Gasteiger partial charge < -0.3 is 10.1 Å². The molecule has 0 aliphatic rings. The van der Waals surface area contributed by atoms with Crippen molar-refractivity contribution >= 4 is 5.97 Å². The van der Waals surface area contributed by atoms with Crippen LogP contribution in [0, 0.1) is 5.92 Å². The molecular weight excluding hydrogens is 310 g/mol. The number of hydrogen-bond acceptors (Lipinski definition) is 3. The zero-order chi connectivity index (χ0) is 18.6. The van der Waals surface area contributed by atoms with Crippen molar-refractivity contribution in [3.63, 3.8) is 0 Å². The monoisotopic (exact) mass is 355 g/mol. The van der Waals surface area contributed by atoms with E-state index in [0.717, 1.165) is 0 Å². The maximum Gasteiger partial charge on any atom is 0.307 e. The van der Waals surface area contributed by atoms with Crippen molar-refractivity contribution < 1.29 is 9.53 Å². The van der Waals surface area contributed by atoms with Crippen molar-refractivity contribution in [3.05, 3.63) is 0 Å². The van der Waals surface area contributed by atoms with Crippen LogP contribution in [0.2, 0.25) is 0 Å². The second-order valence-corrected chi connectivity index (χ2v) is 7.52. The smallest absolute Gasteiger partial charge is 0.307 e. The second kappa shape index (κ2) is 19.8. The fraction of sp³-hybridized carbons (Fsp3) is 0.955. The van der Waals surface area contributed by atoms with Gasteiger partial charge in [-0.1, -0.05) is 90.9 Å². The summed E-state index contributed by atoms with van der Waals surface area (Å²) in [5.41, 5.74) is 0. The van der Waals surface area contributed by atoms with E-state index in [9.17, 15) is 4.79 Å². The molecule has 25 heavy (non-hydrogen) atoms. The summed E-state index contributed by atoms with van der Waals surface area (Å²) in [6.07, 6.45) is 19.0. The van der Waals surface area contributed by atoms with E-state index in [1.54, 1.807) is 0 Å². The Bertz CT molecular complexity index is 265. The van der Waals surface area contributed by atoms with Crippen LogP contribution in [-0.2, 0) is 9.53 Å². The molecule has 0 spiro atoms. The Morgan fingerprint density at radius 2 is 1.28 bits per heavy atom. The highest BCUT2D eigenvalue weighted by Crippen LogP contribution is 2.20. The van der Waals surface area contributed by atoms with Gasteiger partial charge in [0.15, 0.2) is 0 Å².